The summed E-state index contributed by atoms with van der Waals surface area (Å²) in [6.45, 7) is 2.59. The SMILES string of the molecule is O=C(O)CCC(=O)N1CCCC2(CCC(=O)N(Cc3ccccc3)C2)C1. The minimum Gasteiger partial charge on any atom is -0.481 e. The number of amides is 2. The third-order valence-corrected chi connectivity index (χ3v) is 5.53. The lowest BCUT2D eigenvalue weighted by molar-refractivity contribution is -0.146. The van der Waals surface area contributed by atoms with Gasteiger partial charge < -0.3 is 14.9 Å². The van der Waals surface area contributed by atoms with Gasteiger partial charge in [-0.05, 0) is 24.8 Å². The van der Waals surface area contributed by atoms with Crippen LogP contribution < -0.4 is 0 Å². The molecule has 0 radical (unpaired) electrons. The van der Waals surface area contributed by atoms with E-state index in [1.807, 2.05) is 40.1 Å². The van der Waals surface area contributed by atoms with Gasteiger partial charge in [-0.2, -0.15) is 0 Å². The molecule has 0 aliphatic carbocycles. The number of hydrogen-bond donors (Lipinski definition) is 1. The lowest BCUT2D eigenvalue weighted by Crippen LogP contribution is -2.54. The van der Waals surface area contributed by atoms with Crippen molar-refractivity contribution in [2.24, 2.45) is 5.41 Å². The van der Waals surface area contributed by atoms with Crippen LogP contribution in [0.3, 0.4) is 0 Å². The van der Waals surface area contributed by atoms with Gasteiger partial charge in [-0.25, -0.2) is 0 Å². The van der Waals surface area contributed by atoms with Gasteiger partial charge in [0.1, 0.15) is 0 Å². The Morgan fingerprint density at radius 2 is 1.85 bits per heavy atom. The largest absolute Gasteiger partial charge is 0.481 e. The fourth-order valence-electron chi connectivity index (χ4n) is 4.18. The lowest BCUT2D eigenvalue weighted by Gasteiger charge is -2.48. The van der Waals surface area contributed by atoms with E-state index < -0.39 is 5.97 Å². The summed E-state index contributed by atoms with van der Waals surface area (Å²) in [5.41, 5.74) is 1.06. The van der Waals surface area contributed by atoms with Gasteiger partial charge in [0.15, 0.2) is 0 Å². The fourth-order valence-corrected chi connectivity index (χ4v) is 4.18. The zero-order valence-corrected chi connectivity index (χ0v) is 15.0. The molecule has 1 aromatic carbocycles. The molecule has 2 aliphatic heterocycles. The van der Waals surface area contributed by atoms with Crippen LogP contribution in [0.15, 0.2) is 30.3 Å². The molecule has 2 amide bonds. The topological polar surface area (TPSA) is 77.9 Å². The zero-order chi connectivity index (χ0) is 18.6. The van der Waals surface area contributed by atoms with E-state index in [4.69, 9.17) is 5.11 Å². The van der Waals surface area contributed by atoms with E-state index in [0.717, 1.165) is 24.8 Å². The number of nitrogens with zero attached hydrogens (tertiary/aromatic N) is 2. The minimum absolute atomic E-state index is 0.0536. The molecule has 3 rings (SSSR count). The van der Waals surface area contributed by atoms with E-state index in [9.17, 15) is 14.4 Å². The molecular formula is C20H26N2O4. The Labute approximate surface area is 153 Å². The molecule has 0 aromatic heterocycles. The van der Waals surface area contributed by atoms with Gasteiger partial charge in [0.25, 0.3) is 0 Å². The summed E-state index contributed by atoms with van der Waals surface area (Å²) in [4.78, 5) is 39.2. The average molecular weight is 358 g/mol. The number of carboxylic acids is 1. The second-order valence-electron chi connectivity index (χ2n) is 7.55. The van der Waals surface area contributed by atoms with Crippen LogP contribution in [0, 0.1) is 5.41 Å². The van der Waals surface area contributed by atoms with Crippen LogP contribution in [0.25, 0.3) is 0 Å². The number of hydrogen-bond acceptors (Lipinski definition) is 3. The standard InChI is InChI=1S/C20H26N2O4/c23-17(7-8-19(25)26)21-12-4-10-20(14-21)11-9-18(24)22(15-20)13-16-5-2-1-3-6-16/h1-3,5-6H,4,7-15H2,(H,25,26). The molecule has 0 bridgehead atoms. The summed E-state index contributed by atoms with van der Waals surface area (Å²) in [6, 6.07) is 9.96. The third-order valence-electron chi connectivity index (χ3n) is 5.53. The molecule has 1 aromatic rings. The van der Waals surface area contributed by atoms with Crippen molar-refractivity contribution in [2.45, 2.75) is 45.1 Å². The van der Waals surface area contributed by atoms with Crippen molar-refractivity contribution >= 4 is 17.8 Å². The molecular weight excluding hydrogens is 332 g/mol. The van der Waals surface area contributed by atoms with Crippen molar-refractivity contribution < 1.29 is 19.5 Å². The zero-order valence-electron chi connectivity index (χ0n) is 15.0. The Kier molecular flexibility index (Phi) is 5.59. The van der Waals surface area contributed by atoms with Crippen LogP contribution in [-0.4, -0.2) is 52.3 Å². The normalized spacial score (nSPS) is 23.3. The molecule has 6 heteroatoms. The number of aliphatic carboxylic acids is 1. The van der Waals surface area contributed by atoms with Crippen molar-refractivity contribution in [1.29, 1.82) is 0 Å². The van der Waals surface area contributed by atoms with Crippen LogP contribution >= 0.6 is 0 Å². The van der Waals surface area contributed by atoms with Gasteiger partial charge in [-0.1, -0.05) is 30.3 Å². The maximum atomic E-state index is 12.4. The minimum atomic E-state index is -0.942. The number of carbonyl (C=O) groups is 3. The van der Waals surface area contributed by atoms with E-state index >= 15 is 0 Å². The average Bonchev–Trinajstić information content (AvgIpc) is 2.64. The van der Waals surface area contributed by atoms with Crippen LogP contribution in [0.4, 0.5) is 0 Å². The van der Waals surface area contributed by atoms with Gasteiger partial charge in [0.2, 0.25) is 11.8 Å². The Balaban J connectivity index is 1.65. The quantitative estimate of drug-likeness (QED) is 0.876. The molecule has 6 nitrogen and oxygen atoms in total. The molecule has 1 N–H and O–H groups in total. The smallest absolute Gasteiger partial charge is 0.303 e. The van der Waals surface area contributed by atoms with Crippen LogP contribution in [0.5, 0.6) is 0 Å². The van der Waals surface area contributed by atoms with Crippen molar-refractivity contribution in [3.63, 3.8) is 0 Å². The van der Waals surface area contributed by atoms with E-state index in [1.54, 1.807) is 0 Å². The van der Waals surface area contributed by atoms with Gasteiger partial charge in [0, 0.05) is 44.4 Å². The van der Waals surface area contributed by atoms with Gasteiger partial charge in [-0.15, -0.1) is 0 Å². The molecule has 1 spiro atoms. The van der Waals surface area contributed by atoms with Crippen molar-refractivity contribution in [3.05, 3.63) is 35.9 Å². The van der Waals surface area contributed by atoms with Crippen molar-refractivity contribution in [3.8, 4) is 0 Å². The molecule has 1 unspecified atom stereocenters. The summed E-state index contributed by atoms with van der Waals surface area (Å²) < 4.78 is 0. The molecule has 140 valence electrons. The van der Waals surface area contributed by atoms with Crippen LogP contribution in [0.2, 0.25) is 0 Å². The van der Waals surface area contributed by atoms with E-state index in [1.165, 1.54) is 0 Å². The number of rotatable bonds is 5. The first-order valence-corrected chi connectivity index (χ1v) is 9.29. The van der Waals surface area contributed by atoms with Crippen molar-refractivity contribution in [1.82, 2.24) is 9.80 Å². The number of piperidine rings is 2. The first-order valence-electron chi connectivity index (χ1n) is 9.29. The molecule has 2 heterocycles. The highest BCUT2D eigenvalue weighted by atomic mass is 16.4. The Morgan fingerprint density at radius 3 is 2.58 bits per heavy atom. The summed E-state index contributed by atoms with van der Waals surface area (Å²) in [5, 5.41) is 8.79. The summed E-state index contributed by atoms with van der Waals surface area (Å²) in [6.07, 6.45) is 3.17. The van der Waals surface area contributed by atoms with Crippen LogP contribution in [-0.2, 0) is 20.9 Å². The van der Waals surface area contributed by atoms with Crippen LogP contribution in [0.1, 0.15) is 44.1 Å². The summed E-state index contributed by atoms with van der Waals surface area (Å²) >= 11 is 0. The highest BCUT2D eigenvalue weighted by molar-refractivity contribution is 5.81. The van der Waals surface area contributed by atoms with Gasteiger partial charge in [-0.3, -0.25) is 14.4 Å². The van der Waals surface area contributed by atoms with E-state index in [-0.39, 0.29) is 30.1 Å². The third kappa shape index (κ3) is 4.42. The Hall–Kier alpha value is -2.37. The monoisotopic (exact) mass is 358 g/mol. The predicted octanol–water partition coefficient (Wildman–Crippen LogP) is 2.28. The maximum Gasteiger partial charge on any atom is 0.303 e. The highest BCUT2D eigenvalue weighted by Gasteiger charge is 2.42. The Morgan fingerprint density at radius 1 is 1.08 bits per heavy atom. The fraction of sp³-hybridized carbons (Fsp3) is 0.550. The first kappa shape index (κ1) is 18.4. The maximum absolute atomic E-state index is 12.4. The van der Waals surface area contributed by atoms with Gasteiger partial charge in [0.05, 0.1) is 6.42 Å². The number of likely N-dealkylation sites (tertiary alicyclic amines) is 2. The molecule has 0 saturated carbocycles. The lowest BCUT2D eigenvalue weighted by atomic mass is 9.73. The van der Waals surface area contributed by atoms with Gasteiger partial charge >= 0.3 is 5.97 Å². The molecule has 2 saturated heterocycles. The molecule has 1 atom stereocenters. The number of carbonyl (C=O) groups excluding carboxylic acids is 2. The first-order chi connectivity index (χ1) is 12.5. The van der Waals surface area contributed by atoms with E-state index in [2.05, 4.69) is 0 Å². The molecule has 26 heavy (non-hydrogen) atoms. The Bertz CT molecular complexity index is 676. The molecule has 2 fully saturated rings. The number of benzene rings is 1. The number of carboxylic acid groups (broad SMARTS) is 1. The second kappa shape index (κ2) is 7.89. The predicted molar refractivity (Wildman–Crippen MR) is 96.2 cm³/mol. The van der Waals surface area contributed by atoms with Crippen molar-refractivity contribution in [2.75, 3.05) is 19.6 Å². The second-order valence-corrected chi connectivity index (χ2v) is 7.55. The highest BCUT2D eigenvalue weighted by Crippen LogP contribution is 2.39. The molecule has 2 aliphatic rings. The summed E-state index contributed by atoms with van der Waals surface area (Å²) in [7, 11) is 0. The summed E-state index contributed by atoms with van der Waals surface area (Å²) in [5.74, 6) is -0.853. The van der Waals surface area contributed by atoms with E-state index in [0.29, 0.717) is 32.6 Å².